The van der Waals surface area contributed by atoms with Crippen LogP contribution in [0.15, 0.2) is 53.5 Å². The third-order valence-corrected chi connectivity index (χ3v) is 5.15. The van der Waals surface area contributed by atoms with E-state index >= 15 is 0 Å². The number of benzene rings is 2. The van der Waals surface area contributed by atoms with E-state index in [1.54, 1.807) is 7.11 Å². The Labute approximate surface area is 172 Å². The Hall–Kier alpha value is -3.02. The van der Waals surface area contributed by atoms with Gasteiger partial charge in [-0.15, -0.1) is 0 Å². The molecule has 0 unspecified atom stereocenters. The second-order valence-corrected chi connectivity index (χ2v) is 7.28. The zero-order valence-corrected chi connectivity index (χ0v) is 17.1. The maximum absolute atomic E-state index is 12.5. The maximum Gasteiger partial charge on any atom is 0.253 e. The van der Waals surface area contributed by atoms with Crippen molar-refractivity contribution in [3.63, 3.8) is 0 Å². The molecule has 0 aromatic heterocycles. The Balaban J connectivity index is 1.44. The van der Waals surface area contributed by atoms with Gasteiger partial charge in [-0.3, -0.25) is 4.79 Å². The summed E-state index contributed by atoms with van der Waals surface area (Å²) in [5, 5.41) is 3.14. The van der Waals surface area contributed by atoms with Gasteiger partial charge in [-0.1, -0.05) is 24.3 Å². The number of guanidine groups is 1. The Bertz CT molecular complexity index is 810. The molecule has 2 aromatic rings. The number of hydrogen-bond donors (Lipinski definition) is 2. The van der Waals surface area contributed by atoms with E-state index in [2.05, 4.69) is 10.3 Å². The number of nitrogens with zero attached hydrogens (tertiary/aromatic N) is 2. The third-order valence-electron chi connectivity index (χ3n) is 5.15. The molecule has 0 saturated carbocycles. The molecule has 1 aliphatic heterocycles. The van der Waals surface area contributed by atoms with Crippen LogP contribution in [-0.2, 0) is 13.0 Å². The highest BCUT2D eigenvalue weighted by Crippen LogP contribution is 2.14. The van der Waals surface area contributed by atoms with E-state index in [1.807, 2.05) is 53.4 Å². The van der Waals surface area contributed by atoms with Gasteiger partial charge in [0, 0.05) is 25.2 Å². The molecule has 0 spiro atoms. The van der Waals surface area contributed by atoms with Gasteiger partial charge in [-0.25, -0.2) is 4.99 Å². The quantitative estimate of drug-likeness (QED) is 0.559. The van der Waals surface area contributed by atoms with Crippen molar-refractivity contribution in [3.8, 4) is 5.75 Å². The van der Waals surface area contributed by atoms with Gasteiger partial charge in [-0.2, -0.15) is 0 Å². The molecule has 2 aromatic carbocycles. The summed E-state index contributed by atoms with van der Waals surface area (Å²) in [6.07, 6.45) is 4.27. The molecule has 0 bridgehead atoms. The van der Waals surface area contributed by atoms with Crippen molar-refractivity contribution in [1.82, 2.24) is 10.2 Å². The molecule has 1 aliphatic rings. The van der Waals surface area contributed by atoms with E-state index in [-0.39, 0.29) is 5.91 Å². The number of rotatable bonds is 7. The van der Waals surface area contributed by atoms with Crippen LogP contribution >= 0.6 is 0 Å². The van der Waals surface area contributed by atoms with Crippen molar-refractivity contribution >= 4 is 11.9 Å². The highest BCUT2D eigenvalue weighted by Gasteiger charge is 2.17. The number of methoxy groups -OCH3 is 1. The summed E-state index contributed by atoms with van der Waals surface area (Å²) in [5.41, 5.74) is 8.94. The minimum atomic E-state index is 0.125. The molecule has 0 radical (unpaired) electrons. The van der Waals surface area contributed by atoms with Gasteiger partial charge in [0.15, 0.2) is 5.96 Å². The third kappa shape index (κ3) is 6.24. The van der Waals surface area contributed by atoms with E-state index in [1.165, 1.54) is 12.0 Å². The van der Waals surface area contributed by atoms with Crippen molar-refractivity contribution < 1.29 is 9.53 Å². The first-order chi connectivity index (χ1) is 14.2. The van der Waals surface area contributed by atoms with Gasteiger partial charge in [-0.05, 0) is 61.1 Å². The normalized spacial score (nSPS) is 14.5. The fourth-order valence-electron chi connectivity index (χ4n) is 3.39. The van der Waals surface area contributed by atoms with Gasteiger partial charge in [0.05, 0.1) is 13.7 Å². The predicted octanol–water partition coefficient (Wildman–Crippen LogP) is 2.97. The number of carbonyl (C=O) groups excluding carboxylic acids is 1. The molecule has 3 rings (SSSR count). The van der Waals surface area contributed by atoms with Crippen molar-refractivity contribution in [3.05, 3.63) is 65.2 Å². The van der Waals surface area contributed by atoms with E-state index in [9.17, 15) is 4.79 Å². The topological polar surface area (TPSA) is 80.0 Å². The summed E-state index contributed by atoms with van der Waals surface area (Å²) in [6, 6.07) is 15.7. The van der Waals surface area contributed by atoms with Crippen molar-refractivity contribution in [2.24, 2.45) is 10.7 Å². The van der Waals surface area contributed by atoms with Crippen LogP contribution in [0.1, 0.15) is 40.7 Å². The summed E-state index contributed by atoms with van der Waals surface area (Å²) in [5.74, 6) is 1.40. The molecule has 3 N–H and O–H groups in total. The Kier molecular flexibility index (Phi) is 7.50. The number of ether oxygens (including phenoxy) is 1. The second kappa shape index (κ2) is 10.5. The molecule has 1 heterocycles. The number of carbonyl (C=O) groups is 1. The largest absolute Gasteiger partial charge is 0.497 e. The Morgan fingerprint density at radius 3 is 2.34 bits per heavy atom. The number of nitrogens with one attached hydrogen (secondary N) is 1. The Morgan fingerprint density at radius 1 is 1.03 bits per heavy atom. The molecule has 29 heavy (non-hydrogen) atoms. The second-order valence-electron chi connectivity index (χ2n) is 7.28. The standard InChI is InChI=1S/C23H30N4O2/c1-29-21-11-7-18(8-12-21)13-14-25-23(24)26-17-19-5-9-20(10-6-19)22(28)27-15-3-2-4-16-27/h5-12H,2-4,13-17H2,1H3,(H3,24,25,26). The van der Waals surface area contributed by atoms with Crippen molar-refractivity contribution in [2.45, 2.75) is 32.2 Å². The highest BCUT2D eigenvalue weighted by atomic mass is 16.5. The molecular weight excluding hydrogens is 364 g/mol. The fraction of sp³-hybridized carbons (Fsp3) is 0.391. The summed E-state index contributed by atoms with van der Waals surface area (Å²) in [6.45, 7) is 2.93. The Morgan fingerprint density at radius 2 is 1.69 bits per heavy atom. The van der Waals surface area contributed by atoms with E-state index in [4.69, 9.17) is 10.5 Å². The molecule has 0 atom stereocenters. The molecule has 1 amide bonds. The fourth-order valence-corrected chi connectivity index (χ4v) is 3.39. The molecular formula is C23H30N4O2. The minimum Gasteiger partial charge on any atom is -0.497 e. The van der Waals surface area contributed by atoms with Crippen LogP contribution in [0.4, 0.5) is 0 Å². The van der Waals surface area contributed by atoms with Crippen LogP contribution < -0.4 is 15.8 Å². The average Bonchev–Trinajstić information content (AvgIpc) is 2.78. The molecule has 6 heteroatoms. The highest BCUT2D eigenvalue weighted by molar-refractivity contribution is 5.94. The smallest absolute Gasteiger partial charge is 0.253 e. The minimum absolute atomic E-state index is 0.125. The predicted molar refractivity (Wildman–Crippen MR) is 116 cm³/mol. The van der Waals surface area contributed by atoms with Crippen LogP contribution in [-0.4, -0.2) is 43.5 Å². The monoisotopic (exact) mass is 394 g/mol. The van der Waals surface area contributed by atoms with Gasteiger partial charge < -0.3 is 20.7 Å². The maximum atomic E-state index is 12.5. The summed E-state index contributed by atoms with van der Waals surface area (Å²) < 4.78 is 5.16. The molecule has 1 saturated heterocycles. The zero-order chi connectivity index (χ0) is 20.5. The van der Waals surface area contributed by atoms with Gasteiger partial charge in [0.2, 0.25) is 0 Å². The number of aliphatic imine (C=N–C) groups is 1. The van der Waals surface area contributed by atoms with Crippen LogP contribution in [0.3, 0.4) is 0 Å². The van der Waals surface area contributed by atoms with E-state index in [0.717, 1.165) is 49.2 Å². The average molecular weight is 395 g/mol. The number of hydrogen-bond acceptors (Lipinski definition) is 3. The lowest BCUT2D eigenvalue weighted by molar-refractivity contribution is 0.0724. The summed E-state index contributed by atoms with van der Waals surface area (Å²) in [4.78, 5) is 18.8. The number of amides is 1. The number of likely N-dealkylation sites (tertiary alicyclic amines) is 1. The van der Waals surface area contributed by atoms with Crippen LogP contribution in [0.5, 0.6) is 5.75 Å². The summed E-state index contributed by atoms with van der Waals surface area (Å²) >= 11 is 0. The molecule has 0 aliphatic carbocycles. The lowest BCUT2D eigenvalue weighted by Gasteiger charge is -2.26. The number of nitrogens with two attached hydrogens (primary N) is 1. The lowest BCUT2D eigenvalue weighted by Crippen LogP contribution is -2.35. The van der Waals surface area contributed by atoms with Gasteiger partial charge in [0.1, 0.15) is 5.75 Å². The van der Waals surface area contributed by atoms with E-state index < -0.39 is 0 Å². The zero-order valence-electron chi connectivity index (χ0n) is 17.1. The van der Waals surface area contributed by atoms with Crippen LogP contribution in [0.2, 0.25) is 0 Å². The first-order valence-corrected chi connectivity index (χ1v) is 10.2. The lowest BCUT2D eigenvalue weighted by atomic mass is 10.1. The molecule has 6 nitrogen and oxygen atoms in total. The van der Waals surface area contributed by atoms with E-state index in [0.29, 0.717) is 19.0 Å². The van der Waals surface area contributed by atoms with Crippen LogP contribution in [0.25, 0.3) is 0 Å². The van der Waals surface area contributed by atoms with Gasteiger partial charge >= 0.3 is 0 Å². The molecule has 154 valence electrons. The SMILES string of the molecule is COc1ccc(CCNC(N)=NCc2ccc(C(=O)N3CCCCC3)cc2)cc1. The van der Waals surface area contributed by atoms with Crippen LogP contribution in [0, 0.1) is 0 Å². The first-order valence-electron chi connectivity index (χ1n) is 10.2. The number of piperidine rings is 1. The van der Waals surface area contributed by atoms with Gasteiger partial charge in [0.25, 0.3) is 5.91 Å². The summed E-state index contributed by atoms with van der Waals surface area (Å²) in [7, 11) is 1.66. The van der Waals surface area contributed by atoms with Crippen molar-refractivity contribution in [1.29, 1.82) is 0 Å². The first kappa shape index (κ1) is 20.7. The van der Waals surface area contributed by atoms with Crippen molar-refractivity contribution in [2.75, 3.05) is 26.7 Å². The molecule has 1 fully saturated rings.